The monoisotopic (exact) mass is 301 g/mol. The van der Waals surface area contributed by atoms with Gasteiger partial charge in [0.05, 0.1) is 0 Å². The molecule has 2 nitrogen and oxygen atoms in total. The van der Waals surface area contributed by atoms with Gasteiger partial charge in [0.25, 0.3) is 0 Å². The summed E-state index contributed by atoms with van der Waals surface area (Å²) in [7, 11) is 0. The normalized spacial score (nSPS) is 14.1. The van der Waals surface area contributed by atoms with Gasteiger partial charge in [-0.2, -0.15) is 0 Å². The first-order valence-corrected chi connectivity index (χ1v) is 7.96. The number of nitrogens with zero attached hydrogens (tertiary/aromatic N) is 1. The summed E-state index contributed by atoms with van der Waals surface area (Å²) in [5.41, 5.74) is 4.97. The molecule has 2 heteroatoms. The number of ether oxygens (including phenoxy) is 1. The molecule has 0 saturated heterocycles. The zero-order valence-electron chi connectivity index (χ0n) is 13.0. The molecule has 1 aliphatic heterocycles. The lowest BCUT2D eigenvalue weighted by Crippen LogP contribution is -2.31. The van der Waals surface area contributed by atoms with Crippen molar-refractivity contribution in [1.29, 1.82) is 0 Å². The molecule has 3 aromatic rings. The zero-order valence-corrected chi connectivity index (χ0v) is 13.0. The summed E-state index contributed by atoms with van der Waals surface area (Å²) >= 11 is 0. The van der Waals surface area contributed by atoms with E-state index in [1.165, 1.54) is 22.3 Å². The molecular formula is C21H19NO. The third kappa shape index (κ3) is 2.99. The Kier molecular flexibility index (Phi) is 3.83. The fourth-order valence-corrected chi connectivity index (χ4v) is 3.11. The standard InChI is InChI=1S/C21H19NO/c1-3-8-17(9-4-1)14-22-15-19-12-7-13-20(21(19)23-16-22)18-10-5-2-6-11-18/h1-13H,14-16H2. The predicted octanol–water partition coefficient (Wildman–Crippen LogP) is 4.71. The maximum Gasteiger partial charge on any atom is 0.142 e. The minimum absolute atomic E-state index is 0.631. The van der Waals surface area contributed by atoms with E-state index in [1.54, 1.807) is 0 Å². The largest absolute Gasteiger partial charge is 0.477 e. The molecule has 114 valence electrons. The van der Waals surface area contributed by atoms with Crippen molar-refractivity contribution in [3.05, 3.63) is 90.0 Å². The number of rotatable bonds is 3. The second-order valence-corrected chi connectivity index (χ2v) is 5.91. The second-order valence-electron chi connectivity index (χ2n) is 5.91. The molecule has 3 aromatic carbocycles. The van der Waals surface area contributed by atoms with Gasteiger partial charge in [0.15, 0.2) is 0 Å². The fourth-order valence-electron chi connectivity index (χ4n) is 3.11. The van der Waals surface area contributed by atoms with Crippen LogP contribution in [-0.4, -0.2) is 11.6 Å². The highest BCUT2D eigenvalue weighted by Crippen LogP contribution is 2.36. The van der Waals surface area contributed by atoms with E-state index in [0.717, 1.165) is 18.8 Å². The molecule has 0 radical (unpaired) electrons. The molecule has 0 spiro atoms. The molecule has 0 N–H and O–H groups in total. The summed E-state index contributed by atoms with van der Waals surface area (Å²) in [5.74, 6) is 1.03. The molecule has 0 amide bonds. The Morgan fingerprint density at radius 2 is 1.52 bits per heavy atom. The van der Waals surface area contributed by atoms with Crippen LogP contribution in [0.5, 0.6) is 5.75 Å². The van der Waals surface area contributed by atoms with Crippen LogP contribution in [0.15, 0.2) is 78.9 Å². The number of benzene rings is 3. The molecular weight excluding hydrogens is 282 g/mol. The van der Waals surface area contributed by atoms with Gasteiger partial charge in [-0.1, -0.05) is 78.9 Å². The van der Waals surface area contributed by atoms with Crippen LogP contribution in [0.25, 0.3) is 11.1 Å². The number of fused-ring (bicyclic) bond motifs is 1. The van der Waals surface area contributed by atoms with Crippen molar-refractivity contribution in [3.8, 4) is 16.9 Å². The van der Waals surface area contributed by atoms with Gasteiger partial charge in [-0.3, -0.25) is 4.90 Å². The van der Waals surface area contributed by atoms with Crippen molar-refractivity contribution < 1.29 is 4.74 Å². The molecule has 0 unspecified atom stereocenters. The Labute approximate surface area is 137 Å². The predicted molar refractivity (Wildman–Crippen MR) is 93.1 cm³/mol. The van der Waals surface area contributed by atoms with Gasteiger partial charge in [0.1, 0.15) is 12.5 Å². The average Bonchev–Trinajstić information content (AvgIpc) is 2.63. The highest BCUT2D eigenvalue weighted by Gasteiger charge is 2.20. The average molecular weight is 301 g/mol. The first-order chi connectivity index (χ1) is 11.4. The number of para-hydroxylation sites is 1. The highest BCUT2D eigenvalue weighted by molar-refractivity contribution is 5.72. The lowest BCUT2D eigenvalue weighted by molar-refractivity contribution is 0.0893. The zero-order chi connectivity index (χ0) is 15.5. The van der Waals surface area contributed by atoms with E-state index in [-0.39, 0.29) is 0 Å². The van der Waals surface area contributed by atoms with Gasteiger partial charge in [0, 0.05) is 24.2 Å². The Morgan fingerprint density at radius 3 is 2.30 bits per heavy atom. The Bertz CT molecular complexity index is 783. The topological polar surface area (TPSA) is 12.5 Å². The molecule has 0 atom stereocenters. The molecule has 0 bridgehead atoms. The Morgan fingerprint density at radius 1 is 0.783 bits per heavy atom. The van der Waals surface area contributed by atoms with Crippen molar-refractivity contribution in [2.24, 2.45) is 0 Å². The summed E-state index contributed by atoms with van der Waals surface area (Å²) in [5, 5.41) is 0. The van der Waals surface area contributed by atoms with Crippen molar-refractivity contribution in [2.75, 3.05) is 6.73 Å². The number of hydrogen-bond donors (Lipinski definition) is 0. The van der Waals surface area contributed by atoms with Crippen molar-refractivity contribution >= 4 is 0 Å². The third-order valence-electron chi connectivity index (χ3n) is 4.22. The van der Waals surface area contributed by atoms with Gasteiger partial charge in [-0.15, -0.1) is 0 Å². The third-order valence-corrected chi connectivity index (χ3v) is 4.22. The van der Waals surface area contributed by atoms with Gasteiger partial charge < -0.3 is 4.74 Å². The highest BCUT2D eigenvalue weighted by atomic mass is 16.5. The Hall–Kier alpha value is -2.58. The minimum atomic E-state index is 0.631. The Balaban J connectivity index is 1.59. The van der Waals surface area contributed by atoms with E-state index in [1.807, 2.05) is 6.07 Å². The first kappa shape index (κ1) is 14.0. The van der Waals surface area contributed by atoms with E-state index in [9.17, 15) is 0 Å². The van der Waals surface area contributed by atoms with Crippen molar-refractivity contribution in [3.63, 3.8) is 0 Å². The number of hydrogen-bond acceptors (Lipinski definition) is 2. The molecule has 0 saturated carbocycles. The summed E-state index contributed by atoms with van der Waals surface area (Å²) in [6.07, 6.45) is 0. The van der Waals surface area contributed by atoms with Crippen LogP contribution in [0.1, 0.15) is 11.1 Å². The van der Waals surface area contributed by atoms with E-state index in [4.69, 9.17) is 4.74 Å². The lowest BCUT2D eigenvalue weighted by atomic mass is 10.0. The SMILES string of the molecule is c1ccc(CN2COc3c(cccc3-c3ccccc3)C2)cc1. The summed E-state index contributed by atoms with van der Waals surface area (Å²) < 4.78 is 6.12. The van der Waals surface area contributed by atoms with Gasteiger partial charge in [0.2, 0.25) is 0 Å². The van der Waals surface area contributed by atoms with Crippen molar-refractivity contribution in [1.82, 2.24) is 4.90 Å². The minimum Gasteiger partial charge on any atom is -0.477 e. The van der Waals surface area contributed by atoms with Crippen LogP contribution in [0.3, 0.4) is 0 Å². The van der Waals surface area contributed by atoms with Crippen LogP contribution < -0.4 is 4.74 Å². The molecule has 0 fully saturated rings. The van der Waals surface area contributed by atoms with Crippen LogP contribution in [0.4, 0.5) is 0 Å². The lowest BCUT2D eigenvalue weighted by Gasteiger charge is -2.30. The van der Waals surface area contributed by atoms with Crippen LogP contribution in [0.2, 0.25) is 0 Å². The van der Waals surface area contributed by atoms with Crippen LogP contribution in [0, 0.1) is 0 Å². The smallest absolute Gasteiger partial charge is 0.142 e. The van der Waals surface area contributed by atoms with Gasteiger partial charge >= 0.3 is 0 Å². The summed E-state index contributed by atoms with van der Waals surface area (Å²) in [6, 6.07) is 27.4. The molecule has 0 aromatic heterocycles. The molecule has 1 aliphatic rings. The molecule has 0 aliphatic carbocycles. The maximum atomic E-state index is 6.12. The maximum absolute atomic E-state index is 6.12. The van der Waals surface area contributed by atoms with Crippen LogP contribution >= 0.6 is 0 Å². The summed E-state index contributed by atoms with van der Waals surface area (Å²) in [4.78, 5) is 2.33. The van der Waals surface area contributed by atoms with E-state index >= 15 is 0 Å². The molecule has 23 heavy (non-hydrogen) atoms. The van der Waals surface area contributed by atoms with E-state index in [2.05, 4.69) is 77.7 Å². The van der Waals surface area contributed by atoms with E-state index < -0.39 is 0 Å². The second kappa shape index (κ2) is 6.27. The van der Waals surface area contributed by atoms with E-state index in [0.29, 0.717) is 6.73 Å². The fraction of sp³-hybridized carbons (Fsp3) is 0.143. The summed E-state index contributed by atoms with van der Waals surface area (Å²) in [6.45, 7) is 2.46. The molecule has 1 heterocycles. The van der Waals surface area contributed by atoms with Crippen molar-refractivity contribution in [2.45, 2.75) is 13.1 Å². The van der Waals surface area contributed by atoms with Gasteiger partial charge in [-0.05, 0) is 11.1 Å². The molecule has 4 rings (SSSR count). The first-order valence-electron chi connectivity index (χ1n) is 7.96. The quantitative estimate of drug-likeness (QED) is 0.695. The van der Waals surface area contributed by atoms with Crippen LogP contribution in [-0.2, 0) is 13.1 Å². The van der Waals surface area contributed by atoms with Gasteiger partial charge in [-0.25, -0.2) is 0 Å².